The number of anilines is 1. The van der Waals surface area contributed by atoms with Gasteiger partial charge < -0.3 is 5.32 Å². The van der Waals surface area contributed by atoms with Gasteiger partial charge in [0.05, 0.1) is 12.2 Å². The fraction of sp³-hybridized carbons (Fsp3) is 0.188. The summed E-state index contributed by atoms with van der Waals surface area (Å²) in [6.07, 6.45) is 0.184. The number of carbonyl (C=O) groups excluding carboxylic acids is 1. The van der Waals surface area contributed by atoms with Crippen LogP contribution in [0.25, 0.3) is 0 Å². The summed E-state index contributed by atoms with van der Waals surface area (Å²) in [6, 6.07) is 15.5. The SMILES string of the molecule is O=C(Cc1ccc(Cl)cc1)NCCS(=O)(=O)Nc1ccccc1. The molecule has 0 heterocycles. The van der Waals surface area contributed by atoms with Crippen molar-refractivity contribution in [1.29, 1.82) is 0 Å². The maximum absolute atomic E-state index is 11.9. The van der Waals surface area contributed by atoms with Gasteiger partial charge in [0.1, 0.15) is 0 Å². The first-order chi connectivity index (χ1) is 10.9. The summed E-state index contributed by atoms with van der Waals surface area (Å²) in [5.74, 6) is -0.420. The van der Waals surface area contributed by atoms with Crippen LogP contribution in [-0.4, -0.2) is 26.6 Å². The Balaban J connectivity index is 1.77. The van der Waals surface area contributed by atoms with Gasteiger partial charge in [0.25, 0.3) is 0 Å². The zero-order valence-corrected chi connectivity index (χ0v) is 13.9. The molecule has 2 aromatic rings. The van der Waals surface area contributed by atoms with Crippen LogP contribution in [0.15, 0.2) is 54.6 Å². The molecule has 0 saturated heterocycles. The maximum Gasteiger partial charge on any atom is 0.234 e. The van der Waals surface area contributed by atoms with Crippen molar-refractivity contribution in [3.05, 3.63) is 65.2 Å². The molecule has 0 spiro atoms. The number of rotatable bonds is 7. The Morgan fingerprint density at radius 1 is 1.00 bits per heavy atom. The van der Waals surface area contributed by atoms with E-state index in [0.717, 1.165) is 5.56 Å². The van der Waals surface area contributed by atoms with E-state index in [1.54, 1.807) is 54.6 Å². The van der Waals surface area contributed by atoms with E-state index in [1.165, 1.54) is 0 Å². The predicted molar refractivity (Wildman–Crippen MR) is 92.0 cm³/mol. The molecule has 0 radical (unpaired) electrons. The zero-order valence-electron chi connectivity index (χ0n) is 12.3. The Morgan fingerprint density at radius 3 is 2.30 bits per heavy atom. The van der Waals surface area contributed by atoms with Crippen molar-refractivity contribution >= 4 is 33.2 Å². The van der Waals surface area contributed by atoms with Crippen LogP contribution in [0.2, 0.25) is 5.02 Å². The fourth-order valence-corrected chi connectivity index (χ4v) is 3.01. The summed E-state index contributed by atoms with van der Waals surface area (Å²) >= 11 is 5.77. The van der Waals surface area contributed by atoms with Gasteiger partial charge in [-0.25, -0.2) is 8.42 Å². The van der Waals surface area contributed by atoms with E-state index >= 15 is 0 Å². The second-order valence-corrected chi connectivity index (χ2v) is 7.22. The first-order valence-electron chi connectivity index (χ1n) is 7.01. The van der Waals surface area contributed by atoms with Crippen LogP contribution in [0.4, 0.5) is 5.69 Å². The van der Waals surface area contributed by atoms with Crippen molar-refractivity contribution in [2.24, 2.45) is 0 Å². The Kier molecular flexibility index (Phi) is 6.01. The van der Waals surface area contributed by atoms with Crippen LogP contribution in [0, 0.1) is 0 Å². The van der Waals surface area contributed by atoms with E-state index in [-0.39, 0.29) is 24.6 Å². The summed E-state index contributed by atoms with van der Waals surface area (Å²) in [5.41, 5.74) is 1.32. The Hall–Kier alpha value is -2.05. The molecular weight excluding hydrogens is 336 g/mol. The number of para-hydroxylation sites is 1. The topological polar surface area (TPSA) is 75.3 Å². The highest BCUT2D eigenvalue weighted by Crippen LogP contribution is 2.10. The lowest BCUT2D eigenvalue weighted by molar-refractivity contribution is -0.120. The lowest BCUT2D eigenvalue weighted by atomic mass is 10.1. The minimum atomic E-state index is -3.49. The number of carbonyl (C=O) groups is 1. The van der Waals surface area contributed by atoms with Crippen molar-refractivity contribution < 1.29 is 13.2 Å². The highest BCUT2D eigenvalue weighted by molar-refractivity contribution is 7.92. The lowest BCUT2D eigenvalue weighted by Crippen LogP contribution is -2.32. The van der Waals surface area contributed by atoms with Gasteiger partial charge in [-0.05, 0) is 29.8 Å². The van der Waals surface area contributed by atoms with Crippen LogP contribution in [0.1, 0.15) is 5.56 Å². The summed E-state index contributed by atoms with van der Waals surface area (Å²) in [4.78, 5) is 11.8. The second-order valence-electron chi connectivity index (χ2n) is 4.94. The number of hydrogen-bond donors (Lipinski definition) is 2. The highest BCUT2D eigenvalue weighted by atomic mass is 35.5. The van der Waals surface area contributed by atoms with E-state index in [2.05, 4.69) is 10.0 Å². The number of benzene rings is 2. The molecule has 1 amide bonds. The van der Waals surface area contributed by atoms with Crippen LogP contribution in [0.3, 0.4) is 0 Å². The maximum atomic E-state index is 11.9. The predicted octanol–water partition coefficient (Wildman–Crippen LogP) is 2.44. The van der Waals surface area contributed by atoms with Gasteiger partial charge in [0.2, 0.25) is 15.9 Å². The van der Waals surface area contributed by atoms with Crippen molar-refractivity contribution in [1.82, 2.24) is 5.32 Å². The summed E-state index contributed by atoms with van der Waals surface area (Å²) in [5, 5.41) is 3.20. The minimum absolute atomic E-state index is 0.0502. The molecule has 0 saturated carbocycles. The molecule has 2 N–H and O–H groups in total. The third-order valence-corrected chi connectivity index (χ3v) is 4.56. The Morgan fingerprint density at radius 2 is 1.65 bits per heavy atom. The molecular formula is C16H17ClN2O3S. The molecule has 0 aliphatic rings. The third-order valence-electron chi connectivity index (χ3n) is 3.02. The second kappa shape index (κ2) is 7.99. The summed E-state index contributed by atoms with van der Waals surface area (Å²) < 4.78 is 26.3. The van der Waals surface area contributed by atoms with Gasteiger partial charge in [-0.3, -0.25) is 9.52 Å². The Labute approximate surface area is 140 Å². The Bertz CT molecular complexity index is 747. The monoisotopic (exact) mass is 352 g/mol. The zero-order chi connectivity index (χ0) is 16.7. The van der Waals surface area contributed by atoms with Gasteiger partial charge in [-0.1, -0.05) is 41.9 Å². The number of halogens is 1. The average molecular weight is 353 g/mol. The lowest BCUT2D eigenvalue weighted by Gasteiger charge is -2.09. The molecule has 0 bridgehead atoms. The average Bonchev–Trinajstić information content (AvgIpc) is 2.50. The first kappa shape index (κ1) is 17.3. The molecule has 0 fully saturated rings. The standard InChI is InChI=1S/C16H17ClN2O3S/c17-14-8-6-13(7-9-14)12-16(20)18-10-11-23(21,22)19-15-4-2-1-3-5-15/h1-9,19H,10-12H2,(H,18,20). The van der Waals surface area contributed by atoms with E-state index in [9.17, 15) is 13.2 Å². The van der Waals surface area contributed by atoms with E-state index in [4.69, 9.17) is 11.6 Å². The number of nitrogens with one attached hydrogen (secondary N) is 2. The molecule has 7 heteroatoms. The molecule has 23 heavy (non-hydrogen) atoms. The van der Waals surface area contributed by atoms with Gasteiger partial charge in [0.15, 0.2) is 0 Å². The van der Waals surface area contributed by atoms with Crippen LogP contribution in [0.5, 0.6) is 0 Å². The van der Waals surface area contributed by atoms with Gasteiger partial charge in [-0.2, -0.15) is 0 Å². The number of sulfonamides is 1. The molecule has 2 aromatic carbocycles. The van der Waals surface area contributed by atoms with Crippen LogP contribution >= 0.6 is 11.6 Å². The van der Waals surface area contributed by atoms with Crippen molar-refractivity contribution in [2.45, 2.75) is 6.42 Å². The minimum Gasteiger partial charge on any atom is -0.355 e. The smallest absolute Gasteiger partial charge is 0.234 e. The molecule has 2 rings (SSSR count). The van der Waals surface area contributed by atoms with Crippen LogP contribution in [-0.2, 0) is 21.2 Å². The van der Waals surface area contributed by atoms with E-state index < -0.39 is 10.0 Å². The highest BCUT2D eigenvalue weighted by Gasteiger charge is 2.11. The quantitative estimate of drug-likeness (QED) is 0.803. The third kappa shape index (κ3) is 6.30. The molecule has 0 atom stereocenters. The van der Waals surface area contributed by atoms with Crippen LogP contribution < -0.4 is 10.0 Å². The van der Waals surface area contributed by atoms with Crippen molar-refractivity contribution in [3.8, 4) is 0 Å². The van der Waals surface area contributed by atoms with Gasteiger partial charge >= 0.3 is 0 Å². The molecule has 5 nitrogen and oxygen atoms in total. The van der Waals surface area contributed by atoms with Gasteiger partial charge in [0, 0.05) is 17.3 Å². The molecule has 0 unspecified atom stereocenters. The van der Waals surface area contributed by atoms with E-state index in [1.807, 2.05) is 0 Å². The van der Waals surface area contributed by atoms with Crippen molar-refractivity contribution in [2.75, 3.05) is 17.0 Å². The first-order valence-corrected chi connectivity index (χ1v) is 9.04. The molecule has 0 aromatic heterocycles. The van der Waals surface area contributed by atoms with E-state index in [0.29, 0.717) is 10.7 Å². The summed E-state index contributed by atoms with van der Waals surface area (Å²) in [7, 11) is -3.49. The molecule has 122 valence electrons. The largest absolute Gasteiger partial charge is 0.355 e. The molecule has 0 aliphatic carbocycles. The normalized spacial score (nSPS) is 11.0. The number of hydrogen-bond acceptors (Lipinski definition) is 3. The fourth-order valence-electron chi connectivity index (χ4n) is 1.91. The van der Waals surface area contributed by atoms with Gasteiger partial charge in [-0.15, -0.1) is 0 Å². The van der Waals surface area contributed by atoms with Crippen molar-refractivity contribution in [3.63, 3.8) is 0 Å². The number of amides is 1. The summed E-state index contributed by atoms with van der Waals surface area (Å²) in [6.45, 7) is 0.0502. The molecule has 0 aliphatic heterocycles.